The van der Waals surface area contributed by atoms with Gasteiger partial charge in [0.15, 0.2) is 0 Å². The van der Waals surface area contributed by atoms with Crippen molar-refractivity contribution in [3.63, 3.8) is 0 Å². The predicted molar refractivity (Wildman–Crippen MR) is 271 cm³/mol. The summed E-state index contributed by atoms with van der Waals surface area (Å²) in [6.07, 6.45) is 21.5. The van der Waals surface area contributed by atoms with Crippen LogP contribution in [0.2, 0.25) is 0 Å². The van der Waals surface area contributed by atoms with Crippen LogP contribution in [-0.4, -0.2) is 66.5 Å². The van der Waals surface area contributed by atoms with Crippen molar-refractivity contribution in [3.05, 3.63) is 0 Å². The minimum atomic E-state index is -2.96. The van der Waals surface area contributed by atoms with Crippen molar-refractivity contribution in [2.75, 3.05) is 25.6 Å². The van der Waals surface area contributed by atoms with Crippen LogP contribution >= 0.6 is 51.2 Å². The number of rotatable bonds is 41. The van der Waals surface area contributed by atoms with E-state index < -0.39 is 17.1 Å². The maximum absolute atomic E-state index is 12.4. The van der Waals surface area contributed by atoms with E-state index >= 15 is 0 Å². The maximum Gasteiger partial charge on any atom is 0.306 e. The highest BCUT2D eigenvalue weighted by Gasteiger charge is 2.33. The highest BCUT2D eigenvalue weighted by molar-refractivity contribution is 8.69. The standard InChI is InChI=1S/C41H85O8P3S6/c1-12-15-17-19-21-23-25-27-29-39(57-51(54,46-35(4)5)47-36(6)7)33-44-50(53,56-32-31-41(42)43-14-3)45-34-40(30-28-26-24-22-20-18-16-13-2)58-52(55,48-37(8)9)49-38(10)11/h35-40H,12-34H2,1-11H3. The Bertz CT molecular complexity index is 1070. The third-order valence-corrected chi connectivity index (χ3v) is 25.2. The summed E-state index contributed by atoms with van der Waals surface area (Å²) in [6.45, 7) is 23.4. The van der Waals surface area contributed by atoms with E-state index in [1.807, 2.05) is 62.3 Å². The zero-order chi connectivity index (χ0) is 43.9. The number of esters is 1. The van der Waals surface area contributed by atoms with Crippen LogP contribution < -0.4 is 0 Å². The number of hydrogen-bond donors (Lipinski definition) is 0. The van der Waals surface area contributed by atoms with E-state index in [9.17, 15) is 4.79 Å². The van der Waals surface area contributed by atoms with Crippen molar-refractivity contribution in [1.29, 1.82) is 0 Å². The first-order valence-corrected chi connectivity index (χ1v) is 34.9. The van der Waals surface area contributed by atoms with Crippen LogP contribution in [0, 0.1) is 0 Å². The van der Waals surface area contributed by atoms with Crippen molar-refractivity contribution in [2.24, 2.45) is 0 Å². The lowest BCUT2D eigenvalue weighted by atomic mass is 10.1. The van der Waals surface area contributed by atoms with Gasteiger partial charge in [-0.25, -0.2) is 0 Å². The van der Waals surface area contributed by atoms with Gasteiger partial charge in [0.2, 0.25) is 17.1 Å². The van der Waals surface area contributed by atoms with Crippen molar-refractivity contribution < 1.29 is 36.7 Å². The smallest absolute Gasteiger partial charge is 0.306 e. The lowest BCUT2D eigenvalue weighted by Crippen LogP contribution is -2.17. The fourth-order valence-electron chi connectivity index (χ4n) is 5.83. The molecule has 0 spiro atoms. The molecule has 0 N–H and O–H groups in total. The van der Waals surface area contributed by atoms with E-state index in [2.05, 4.69) is 13.8 Å². The van der Waals surface area contributed by atoms with E-state index in [1.165, 1.54) is 88.4 Å². The molecule has 2 atom stereocenters. The topological polar surface area (TPSA) is 81.7 Å². The Hall–Kier alpha value is 2.23. The fourth-order valence-corrected chi connectivity index (χ4v) is 24.3. The molecule has 0 aromatic carbocycles. The first kappa shape index (κ1) is 60.2. The summed E-state index contributed by atoms with van der Waals surface area (Å²) in [4.78, 5) is 12.4. The minimum absolute atomic E-state index is 0.00704. The Balaban J connectivity index is 6.31. The fraction of sp³-hybridized carbons (Fsp3) is 0.976. The SMILES string of the molecule is CCCCCCCCCCC(COP(=S)(OCC(CCCCCCCCCC)SP(=S)(OC(C)C)OC(C)C)SCCC(=O)OCC)SP(=S)(OC(C)C)OC(C)C. The molecule has 0 bridgehead atoms. The second-order valence-electron chi connectivity index (χ2n) is 15.9. The van der Waals surface area contributed by atoms with Gasteiger partial charge in [0.1, 0.15) is 0 Å². The first-order chi connectivity index (χ1) is 27.4. The lowest BCUT2D eigenvalue weighted by molar-refractivity contribution is -0.142. The number of hydrogen-bond acceptors (Lipinski definition) is 14. The molecule has 58 heavy (non-hydrogen) atoms. The molecule has 0 amide bonds. The highest BCUT2D eigenvalue weighted by atomic mass is 32.9. The summed E-state index contributed by atoms with van der Waals surface area (Å²) >= 11 is 23.2. The molecule has 0 aromatic rings. The summed E-state index contributed by atoms with van der Waals surface area (Å²) in [5.41, 5.74) is -8.34. The molecule has 0 aromatic heterocycles. The van der Waals surface area contributed by atoms with E-state index in [4.69, 9.17) is 67.3 Å². The average Bonchev–Trinajstić information content (AvgIpc) is 3.10. The number of carbonyl (C=O) groups is 1. The van der Waals surface area contributed by atoms with Crippen LogP contribution in [0.4, 0.5) is 0 Å². The summed E-state index contributed by atoms with van der Waals surface area (Å²) in [5.74, 6) is 0.190. The van der Waals surface area contributed by atoms with Gasteiger partial charge in [-0.05, 0) is 111 Å². The molecule has 0 saturated heterocycles. The van der Waals surface area contributed by atoms with Gasteiger partial charge in [-0.3, -0.25) is 4.79 Å². The normalized spacial score (nSPS) is 14.8. The van der Waals surface area contributed by atoms with E-state index in [-0.39, 0.29) is 47.3 Å². The largest absolute Gasteiger partial charge is 0.466 e. The molecule has 0 aliphatic heterocycles. The number of carbonyl (C=O) groups excluding carboxylic acids is 1. The van der Waals surface area contributed by atoms with E-state index in [0.717, 1.165) is 38.5 Å². The van der Waals surface area contributed by atoms with Crippen molar-refractivity contribution in [3.8, 4) is 0 Å². The average molecular weight is 991 g/mol. The van der Waals surface area contributed by atoms with Gasteiger partial charge in [-0.2, -0.15) is 0 Å². The molecule has 0 aliphatic rings. The molecule has 8 nitrogen and oxygen atoms in total. The first-order valence-electron chi connectivity index (χ1n) is 22.4. The van der Waals surface area contributed by atoms with Crippen molar-refractivity contribution >= 4 is 92.6 Å². The number of ether oxygens (including phenoxy) is 1. The lowest BCUT2D eigenvalue weighted by Gasteiger charge is -2.32. The van der Waals surface area contributed by atoms with Gasteiger partial charge in [0.25, 0.3) is 0 Å². The van der Waals surface area contributed by atoms with Crippen molar-refractivity contribution in [2.45, 2.75) is 233 Å². The number of unbranched alkanes of at least 4 members (excludes halogenated alkanes) is 14. The highest BCUT2D eigenvalue weighted by Crippen LogP contribution is 2.68. The summed E-state index contributed by atoms with van der Waals surface area (Å²) in [6, 6.07) is 0. The van der Waals surface area contributed by atoms with Crippen LogP contribution in [0.5, 0.6) is 0 Å². The molecule has 0 saturated carbocycles. The van der Waals surface area contributed by atoms with E-state index in [1.54, 1.807) is 22.8 Å². The van der Waals surface area contributed by atoms with Crippen LogP contribution in [-0.2, 0) is 72.1 Å². The Morgan fingerprint density at radius 3 is 1.14 bits per heavy atom. The zero-order valence-electron chi connectivity index (χ0n) is 38.3. The summed E-state index contributed by atoms with van der Waals surface area (Å²) in [5, 5.41) is 0.0141. The van der Waals surface area contributed by atoms with Crippen LogP contribution in [0.15, 0.2) is 0 Å². The van der Waals surface area contributed by atoms with E-state index in [0.29, 0.717) is 25.6 Å². The molecule has 0 aliphatic carbocycles. The monoisotopic (exact) mass is 990 g/mol. The Kier molecular flexibility index (Phi) is 37.8. The molecule has 17 heteroatoms. The molecule has 0 rings (SSSR count). The van der Waals surface area contributed by atoms with Gasteiger partial charge >= 0.3 is 5.97 Å². The predicted octanol–water partition coefficient (Wildman–Crippen LogP) is 16.3. The van der Waals surface area contributed by atoms with Gasteiger partial charge in [0, 0.05) is 16.3 Å². The second-order valence-corrected chi connectivity index (χ2v) is 35.2. The Morgan fingerprint density at radius 1 is 0.500 bits per heavy atom. The van der Waals surface area contributed by atoms with Gasteiger partial charge in [-0.1, -0.05) is 151 Å². The van der Waals surface area contributed by atoms with Gasteiger partial charge in [0.05, 0.1) is 50.7 Å². The van der Waals surface area contributed by atoms with Crippen LogP contribution in [0.25, 0.3) is 0 Å². The maximum atomic E-state index is 12.4. The summed E-state index contributed by atoms with van der Waals surface area (Å²) in [7, 11) is 0. The molecule has 0 radical (unpaired) electrons. The zero-order valence-corrected chi connectivity index (χ0v) is 45.9. The van der Waals surface area contributed by atoms with Gasteiger partial charge in [-0.15, -0.1) is 0 Å². The molecular weight excluding hydrogens is 906 g/mol. The summed E-state index contributed by atoms with van der Waals surface area (Å²) < 4.78 is 44.2. The molecule has 0 heterocycles. The molecule has 348 valence electrons. The third-order valence-electron chi connectivity index (χ3n) is 8.37. The van der Waals surface area contributed by atoms with Gasteiger partial charge < -0.3 is 31.9 Å². The molecule has 0 fully saturated rings. The quantitative estimate of drug-likeness (QED) is 0.0331. The Morgan fingerprint density at radius 2 is 0.828 bits per heavy atom. The second kappa shape index (κ2) is 36.4. The minimum Gasteiger partial charge on any atom is -0.466 e. The van der Waals surface area contributed by atoms with Crippen molar-refractivity contribution in [1.82, 2.24) is 0 Å². The molecule has 2 unspecified atom stereocenters. The third kappa shape index (κ3) is 34.6. The van der Waals surface area contributed by atoms with Crippen LogP contribution in [0.1, 0.15) is 198 Å². The molecular formula is C41H85O8P3S6. The van der Waals surface area contributed by atoms with Crippen LogP contribution in [0.3, 0.4) is 0 Å². The Labute approximate surface area is 385 Å².